The summed E-state index contributed by atoms with van der Waals surface area (Å²) in [6.07, 6.45) is 2.46. The van der Waals surface area contributed by atoms with Crippen molar-refractivity contribution in [2.45, 2.75) is 18.4 Å². The van der Waals surface area contributed by atoms with Gasteiger partial charge in [-0.1, -0.05) is 30.8 Å². The molecule has 1 N–H and O–H groups in total. The number of hydrogen-bond donors (Lipinski definition) is 1. The lowest BCUT2D eigenvalue weighted by Crippen LogP contribution is -2.17. The Bertz CT molecular complexity index is 956. The number of rotatable bonds is 6. The van der Waals surface area contributed by atoms with Crippen LogP contribution in [0.2, 0.25) is 0 Å². The maximum atomic E-state index is 12.3. The standard InChI is InChI=1S/C18H17N3O3S2/c1-3-11-8-13-16(19-10-20-17(13)26-11)25-9-15(22)21-14-7-5-4-6-12(14)18(23)24-2/h4-8,10H,3,9H2,1-2H3,(H,21,22). The van der Waals surface area contributed by atoms with Crippen molar-refractivity contribution in [2.24, 2.45) is 0 Å². The van der Waals surface area contributed by atoms with Gasteiger partial charge in [0.1, 0.15) is 16.2 Å². The summed E-state index contributed by atoms with van der Waals surface area (Å²) in [6, 6.07) is 8.83. The van der Waals surface area contributed by atoms with Crippen LogP contribution in [0.5, 0.6) is 0 Å². The van der Waals surface area contributed by atoms with Gasteiger partial charge in [-0.05, 0) is 24.6 Å². The predicted molar refractivity (Wildman–Crippen MR) is 104 cm³/mol. The summed E-state index contributed by atoms with van der Waals surface area (Å²) < 4.78 is 4.74. The van der Waals surface area contributed by atoms with Crippen LogP contribution in [-0.2, 0) is 16.0 Å². The molecule has 0 radical (unpaired) electrons. The summed E-state index contributed by atoms with van der Waals surface area (Å²) in [7, 11) is 1.31. The van der Waals surface area contributed by atoms with E-state index in [1.165, 1.54) is 30.1 Å². The van der Waals surface area contributed by atoms with Crippen molar-refractivity contribution in [1.82, 2.24) is 9.97 Å². The number of para-hydroxylation sites is 1. The van der Waals surface area contributed by atoms with E-state index >= 15 is 0 Å². The minimum atomic E-state index is -0.489. The normalized spacial score (nSPS) is 10.7. The van der Waals surface area contributed by atoms with Crippen molar-refractivity contribution in [1.29, 1.82) is 0 Å². The van der Waals surface area contributed by atoms with Gasteiger partial charge in [0, 0.05) is 10.3 Å². The SMILES string of the molecule is CCc1cc2c(SCC(=O)Nc3ccccc3C(=O)OC)ncnc2s1. The molecule has 2 aromatic heterocycles. The second-order valence-electron chi connectivity index (χ2n) is 5.34. The molecule has 0 spiro atoms. The van der Waals surface area contributed by atoms with Crippen molar-refractivity contribution < 1.29 is 14.3 Å². The van der Waals surface area contributed by atoms with Gasteiger partial charge in [0.25, 0.3) is 0 Å². The van der Waals surface area contributed by atoms with Crippen molar-refractivity contribution in [2.75, 3.05) is 18.2 Å². The topological polar surface area (TPSA) is 81.2 Å². The number of fused-ring (bicyclic) bond motifs is 1. The molecule has 6 nitrogen and oxygen atoms in total. The monoisotopic (exact) mass is 387 g/mol. The fourth-order valence-electron chi connectivity index (χ4n) is 2.37. The second kappa shape index (κ2) is 8.29. The van der Waals surface area contributed by atoms with Gasteiger partial charge in [0.15, 0.2) is 0 Å². The molecular formula is C18H17N3O3S2. The summed E-state index contributed by atoms with van der Waals surface area (Å²) in [5, 5.41) is 4.51. The minimum Gasteiger partial charge on any atom is -0.465 e. The molecule has 134 valence electrons. The third-order valence-electron chi connectivity index (χ3n) is 3.64. The number of carbonyl (C=O) groups excluding carboxylic acids is 2. The number of esters is 1. The Morgan fingerprint density at radius 2 is 2.08 bits per heavy atom. The molecule has 0 aliphatic carbocycles. The molecule has 0 aliphatic rings. The molecule has 2 heterocycles. The highest BCUT2D eigenvalue weighted by Crippen LogP contribution is 2.31. The molecule has 0 aliphatic heterocycles. The largest absolute Gasteiger partial charge is 0.465 e. The molecule has 8 heteroatoms. The van der Waals surface area contributed by atoms with Gasteiger partial charge >= 0.3 is 5.97 Å². The van der Waals surface area contributed by atoms with Crippen LogP contribution in [-0.4, -0.2) is 34.7 Å². The quantitative estimate of drug-likeness (QED) is 0.394. The maximum absolute atomic E-state index is 12.3. The van der Waals surface area contributed by atoms with E-state index in [-0.39, 0.29) is 11.7 Å². The first-order chi connectivity index (χ1) is 12.6. The Labute approximate surface area is 159 Å². The lowest BCUT2D eigenvalue weighted by atomic mass is 10.2. The number of carbonyl (C=O) groups is 2. The highest BCUT2D eigenvalue weighted by Gasteiger charge is 2.15. The number of nitrogens with zero attached hydrogens (tertiary/aromatic N) is 2. The van der Waals surface area contributed by atoms with Crippen molar-refractivity contribution in [3.8, 4) is 0 Å². The maximum Gasteiger partial charge on any atom is 0.339 e. The third-order valence-corrected chi connectivity index (χ3v) is 5.83. The molecule has 1 amide bonds. The van der Waals surface area contributed by atoms with Gasteiger partial charge in [-0.3, -0.25) is 4.79 Å². The van der Waals surface area contributed by atoms with E-state index in [9.17, 15) is 9.59 Å². The number of amides is 1. The molecule has 0 saturated heterocycles. The molecule has 0 saturated carbocycles. The van der Waals surface area contributed by atoms with Crippen molar-refractivity contribution >= 4 is 50.9 Å². The van der Waals surface area contributed by atoms with Gasteiger partial charge in [0.2, 0.25) is 5.91 Å². The molecule has 1 aromatic carbocycles. The first-order valence-electron chi connectivity index (χ1n) is 7.95. The number of anilines is 1. The first kappa shape index (κ1) is 18.3. The van der Waals surface area contributed by atoms with Crippen LogP contribution in [0, 0.1) is 0 Å². The molecule has 26 heavy (non-hydrogen) atoms. The number of hydrogen-bond acceptors (Lipinski definition) is 7. The van der Waals surface area contributed by atoms with Crippen LogP contribution < -0.4 is 5.32 Å². The van der Waals surface area contributed by atoms with E-state index in [2.05, 4.69) is 28.3 Å². The smallest absolute Gasteiger partial charge is 0.339 e. The fourth-order valence-corrected chi connectivity index (χ4v) is 4.15. The number of thioether (sulfide) groups is 1. The second-order valence-corrected chi connectivity index (χ2v) is 7.42. The van der Waals surface area contributed by atoms with E-state index in [4.69, 9.17) is 4.74 Å². The zero-order valence-electron chi connectivity index (χ0n) is 14.3. The Morgan fingerprint density at radius 1 is 1.27 bits per heavy atom. The van der Waals surface area contributed by atoms with E-state index in [0.29, 0.717) is 11.3 Å². The van der Waals surface area contributed by atoms with Gasteiger partial charge in [-0.15, -0.1) is 11.3 Å². The number of aromatic nitrogens is 2. The minimum absolute atomic E-state index is 0.179. The summed E-state index contributed by atoms with van der Waals surface area (Å²) in [5.74, 6) is -0.528. The van der Waals surface area contributed by atoms with Crippen LogP contribution in [0.3, 0.4) is 0 Å². The van der Waals surface area contributed by atoms with Crippen molar-refractivity contribution in [3.63, 3.8) is 0 Å². The predicted octanol–water partition coefficient (Wildman–Crippen LogP) is 3.77. The van der Waals surface area contributed by atoms with Crippen LogP contribution in [0.25, 0.3) is 10.2 Å². The lowest BCUT2D eigenvalue weighted by Gasteiger charge is -2.09. The molecule has 0 bridgehead atoms. The molecule has 0 fully saturated rings. The number of nitrogens with one attached hydrogen (secondary N) is 1. The zero-order valence-corrected chi connectivity index (χ0v) is 15.9. The Hall–Kier alpha value is -2.45. The highest BCUT2D eigenvalue weighted by molar-refractivity contribution is 8.00. The van der Waals surface area contributed by atoms with Crippen molar-refractivity contribution in [3.05, 3.63) is 47.1 Å². The van der Waals surface area contributed by atoms with Gasteiger partial charge in [0.05, 0.1) is 24.1 Å². The molecule has 0 unspecified atom stereocenters. The van der Waals surface area contributed by atoms with Gasteiger partial charge < -0.3 is 10.1 Å². The highest BCUT2D eigenvalue weighted by atomic mass is 32.2. The number of benzene rings is 1. The molecule has 3 rings (SSSR count). The summed E-state index contributed by atoms with van der Waals surface area (Å²) in [4.78, 5) is 34.8. The van der Waals surface area contributed by atoms with Gasteiger partial charge in [-0.25, -0.2) is 14.8 Å². The molecular weight excluding hydrogens is 370 g/mol. The number of aryl methyl sites for hydroxylation is 1. The molecule has 3 aromatic rings. The van der Waals surface area contributed by atoms with E-state index in [0.717, 1.165) is 21.7 Å². The third kappa shape index (κ3) is 4.03. The van der Waals surface area contributed by atoms with Gasteiger partial charge in [-0.2, -0.15) is 0 Å². The number of methoxy groups -OCH3 is 1. The van der Waals surface area contributed by atoms with E-state index in [1.807, 2.05) is 0 Å². The van der Waals surface area contributed by atoms with Crippen LogP contribution in [0.15, 0.2) is 41.7 Å². The van der Waals surface area contributed by atoms with Crippen LogP contribution in [0.1, 0.15) is 22.2 Å². The number of thiophene rings is 1. The lowest BCUT2D eigenvalue weighted by molar-refractivity contribution is -0.113. The zero-order chi connectivity index (χ0) is 18.5. The van der Waals surface area contributed by atoms with E-state index in [1.54, 1.807) is 35.6 Å². The summed E-state index contributed by atoms with van der Waals surface area (Å²) >= 11 is 2.99. The fraction of sp³-hybridized carbons (Fsp3) is 0.222. The van der Waals surface area contributed by atoms with E-state index < -0.39 is 5.97 Å². The average molecular weight is 387 g/mol. The van der Waals surface area contributed by atoms with Crippen LogP contribution in [0.4, 0.5) is 5.69 Å². The Morgan fingerprint density at radius 3 is 2.85 bits per heavy atom. The Balaban J connectivity index is 1.71. The summed E-state index contributed by atoms with van der Waals surface area (Å²) in [5.41, 5.74) is 0.754. The average Bonchev–Trinajstić information content (AvgIpc) is 3.10. The number of ether oxygens (including phenoxy) is 1. The first-order valence-corrected chi connectivity index (χ1v) is 9.76. The summed E-state index contributed by atoms with van der Waals surface area (Å²) in [6.45, 7) is 2.09. The molecule has 0 atom stereocenters. The van der Waals surface area contributed by atoms with Crippen LogP contribution >= 0.6 is 23.1 Å². The Kier molecular flexibility index (Phi) is 5.85.